The first-order valence-electron chi connectivity index (χ1n) is 8.98. The van der Waals surface area contributed by atoms with Crippen LogP contribution in [0.2, 0.25) is 0 Å². The summed E-state index contributed by atoms with van der Waals surface area (Å²) in [5.41, 5.74) is 2.94. The van der Waals surface area contributed by atoms with Crippen molar-refractivity contribution in [2.45, 2.75) is 72.5 Å². The van der Waals surface area contributed by atoms with Gasteiger partial charge in [-0.3, -0.25) is 4.79 Å². The van der Waals surface area contributed by atoms with Gasteiger partial charge in [-0.05, 0) is 54.9 Å². The van der Waals surface area contributed by atoms with Crippen LogP contribution in [0.15, 0.2) is 22.8 Å². The number of aliphatic hydroxyl groups is 1. The monoisotopic (exact) mass is 332 g/mol. The summed E-state index contributed by atoms with van der Waals surface area (Å²) in [5.74, 6) is 0.145. The summed E-state index contributed by atoms with van der Waals surface area (Å²) in [6.07, 6.45) is 5.64. The average Bonchev–Trinajstić information content (AvgIpc) is 2.79. The molecule has 0 aromatic heterocycles. The summed E-state index contributed by atoms with van der Waals surface area (Å²) in [5, 5.41) is 9.79. The van der Waals surface area contributed by atoms with E-state index in [4.69, 9.17) is 4.74 Å². The summed E-state index contributed by atoms with van der Waals surface area (Å²) in [6, 6.07) is 0. The molecule has 4 heteroatoms. The maximum absolute atomic E-state index is 12.6. The number of ether oxygens (including phenoxy) is 1. The third-order valence-corrected chi connectivity index (χ3v) is 6.69. The van der Waals surface area contributed by atoms with Crippen LogP contribution >= 0.6 is 0 Å². The largest absolute Gasteiger partial charge is 0.429 e. The number of fused-ring (bicyclic) bond motifs is 1. The quantitative estimate of drug-likeness (QED) is 0.801. The van der Waals surface area contributed by atoms with Crippen molar-refractivity contribution in [3.05, 3.63) is 22.8 Å². The SMILES string of the molecule is CC1=C(CCC2=CC(=O)OC2O)C2(C)CCCC(C)(C)C2CC1=O. The van der Waals surface area contributed by atoms with E-state index in [9.17, 15) is 14.7 Å². The number of cyclic esters (lactones) is 1. The van der Waals surface area contributed by atoms with Crippen molar-refractivity contribution in [3.63, 3.8) is 0 Å². The molecule has 3 rings (SSSR count). The molecule has 0 aromatic rings. The van der Waals surface area contributed by atoms with E-state index in [1.165, 1.54) is 24.5 Å². The first-order valence-corrected chi connectivity index (χ1v) is 8.98. The Morgan fingerprint density at radius 1 is 1.21 bits per heavy atom. The lowest BCUT2D eigenvalue weighted by Crippen LogP contribution is -2.47. The molecule has 2 aliphatic carbocycles. The van der Waals surface area contributed by atoms with Gasteiger partial charge in [0.15, 0.2) is 5.78 Å². The van der Waals surface area contributed by atoms with E-state index >= 15 is 0 Å². The van der Waals surface area contributed by atoms with Crippen LogP contribution in [0.4, 0.5) is 0 Å². The molecule has 0 aromatic carbocycles. The Morgan fingerprint density at radius 2 is 1.92 bits per heavy atom. The zero-order chi connectivity index (χ0) is 17.7. The molecule has 1 N–H and O–H groups in total. The third kappa shape index (κ3) is 2.75. The number of carbonyl (C=O) groups is 2. The Labute approximate surface area is 144 Å². The number of ketones is 1. The molecular formula is C20H28O4. The topological polar surface area (TPSA) is 63.6 Å². The summed E-state index contributed by atoms with van der Waals surface area (Å²) in [4.78, 5) is 23.9. The molecular weight excluding hydrogens is 304 g/mol. The fraction of sp³-hybridized carbons (Fsp3) is 0.700. The van der Waals surface area contributed by atoms with E-state index in [0.717, 1.165) is 12.0 Å². The van der Waals surface area contributed by atoms with Crippen molar-refractivity contribution in [3.8, 4) is 0 Å². The molecule has 1 aliphatic heterocycles. The standard InChI is InChI=1S/C20H28O4/c1-12-14(7-6-13-10-17(22)24-18(13)23)20(4)9-5-8-19(2,3)16(20)11-15(12)21/h10,16,18,23H,5-9,11H2,1-4H3. The molecule has 0 amide bonds. The van der Waals surface area contributed by atoms with Crippen molar-refractivity contribution in [1.82, 2.24) is 0 Å². The van der Waals surface area contributed by atoms with Crippen molar-refractivity contribution in [2.24, 2.45) is 16.7 Å². The zero-order valence-electron chi connectivity index (χ0n) is 15.1. The maximum atomic E-state index is 12.6. The minimum atomic E-state index is -1.12. The molecule has 3 atom stereocenters. The van der Waals surface area contributed by atoms with Gasteiger partial charge in [-0.15, -0.1) is 0 Å². The molecule has 3 aliphatic rings. The number of hydrogen-bond donors (Lipinski definition) is 1. The fourth-order valence-electron chi connectivity index (χ4n) is 5.30. The molecule has 0 saturated heterocycles. The van der Waals surface area contributed by atoms with Gasteiger partial charge >= 0.3 is 5.97 Å². The Hall–Kier alpha value is -1.42. The molecule has 24 heavy (non-hydrogen) atoms. The van der Waals surface area contributed by atoms with Crippen LogP contribution in [0.25, 0.3) is 0 Å². The summed E-state index contributed by atoms with van der Waals surface area (Å²) in [7, 11) is 0. The number of Topliss-reactive ketones (excluding diaryl/α,β-unsaturated/α-hetero) is 1. The second-order valence-corrected chi connectivity index (χ2v) is 8.55. The zero-order valence-corrected chi connectivity index (χ0v) is 15.1. The van der Waals surface area contributed by atoms with Crippen LogP contribution in [-0.4, -0.2) is 23.1 Å². The molecule has 1 heterocycles. The lowest BCUT2D eigenvalue weighted by molar-refractivity contribution is -0.151. The van der Waals surface area contributed by atoms with Gasteiger partial charge < -0.3 is 9.84 Å². The predicted octanol–water partition coefficient (Wildman–Crippen LogP) is 3.69. The van der Waals surface area contributed by atoms with Crippen LogP contribution in [0.5, 0.6) is 0 Å². The van der Waals surface area contributed by atoms with E-state index in [1.807, 2.05) is 6.92 Å². The van der Waals surface area contributed by atoms with Crippen LogP contribution in [0.3, 0.4) is 0 Å². The molecule has 1 fully saturated rings. The Balaban J connectivity index is 1.89. The van der Waals surface area contributed by atoms with E-state index in [-0.39, 0.29) is 16.6 Å². The first kappa shape index (κ1) is 17.4. The number of hydrogen-bond acceptors (Lipinski definition) is 4. The molecule has 132 valence electrons. The van der Waals surface area contributed by atoms with Gasteiger partial charge in [0.2, 0.25) is 6.29 Å². The number of rotatable bonds is 3. The molecule has 1 saturated carbocycles. The average molecular weight is 332 g/mol. The van der Waals surface area contributed by atoms with E-state index in [0.29, 0.717) is 30.8 Å². The number of carbonyl (C=O) groups excluding carboxylic acids is 2. The number of allylic oxidation sites excluding steroid dienone is 2. The highest BCUT2D eigenvalue weighted by Gasteiger charge is 2.51. The van der Waals surface area contributed by atoms with Gasteiger partial charge in [-0.25, -0.2) is 4.79 Å². The second-order valence-electron chi connectivity index (χ2n) is 8.55. The summed E-state index contributed by atoms with van der Waals surface area (Å²) >= 11 is 0. The van der Waals surface area contributed by atoms with Gasteiger partial charge in [0.25, 0.3) is 0 Å². The highest BCUT2D eigenvalue weighted by atomic mass is 16.6. The Kier molecular flexibility index (Phi) is 4.23. The van der Waals surface area contributed by atoms with Gasteiger partial charge in [0.1, 0.15) is 0 Å². The van der Waals surface area contributed by atoms with Crippen molar-refractivity contribution < 1.29 is 19.4 Å². The molecule has 0 bridgehead atoms. The van der Waals surface area contributed by atoms with Crippen LogP contribution in [0.1, 0.15) is 66.2 Å². The first-order chi connectivity index (χ1) is 11.1. The Bertz CT molecular complexity index is 640. The normalized spacial score (nSPS) is 35.6. The highest BCUT2D eigenvalue weighted by molar-refractivity contribution is 5.97. The lowest BCUT2D eigenvalue weighted by Gasteiger charge is -2.54. The molecule has 0 spiro atoms. The minimum Gasteiger partial charge on any atom is -0.429 e. The molecule has 4 nitrogen and oxygen atoms in total. The van der Waals surface area contributed by atoms with E-state index in [1.54, 1.807) is 0 Å². The van der Waals surface area contributed by atoms with Gasteiger partial charge in [-0.1, -0.05) is 32.8 Å². The minimum absolute atomic E-state index is 0.0364. The molecule has 3 unspecified atom stereocenters. The highest BCUT2D eigenvalue weighted by Crippen LogP contribution is 2.59. The van der Waals surface area contributed by atoms with Crippen molar-refractivity contribution in [2.75, 3.05) is 0 Å². The summed E-state index contributed by atoms with van der Waals surface area (Å²) < 4.78 is 4.77. The van der Waals surface area contributed by atoms with Gasteiger partial charge in [0.05, 0.1) is 0 Å². The fourth-order valence-corrected chi connectivity index (χ4v) is 5.30. The second kappa shape index (κ2) is 5.83. The third-order valence-electron chi connectivity index (χ3n) is 6.69. The predicted molar refractivity (Wildman–Crippen MR) is 91.0 cm³/mol. The van der Waals surface area contributed by atoms with Gasteiger partial charge in [0, 0.05) is 18.1 Å². The smallest absolute Gasteiger partial charge is 0.333 e. The van der Waals surface area contributed by atoms with Gasteiger partial charge in [-0.2, -0.15) is 0 Å². The van der Waals surface area contributed by atoms with Crippen LogP contribution < -0.4 is 0 Å². The number of esters is 1. The van der Waals surface area contributed by atoms with Crippen LogP contribution in [-0.2, 0) is 14.3 Å². The maximum Gasteiger partial charge on any atom is 0.333 e. The molecule has 0 radical (unpaired) electrons. The number of aliphatic hydroxyl groups excluding tert-OH is 1. The van der Waals surface area contributed by atoms with E-state index < -0.39 is 12.3 Å². The van der Waals surface area contributed by atoms with Crippen molar-refractivity contribution in [1.29, 1.82) is 0 Å². The Morgan fingerprint density at radius 3 is 2.54 bits per heavy atom. The van der Waals surface area contributed by atoms with Crippen LogP contribution in [0, 0.1) is 16.7 Å². The van der Waals surface area contributed by atoms with E-state index in [2.05, 4.69) is 20.8 Å². The summed E-state index contributed by atoms with van der Waals surface area (Å²) in [6.45, 7) is 8.83. The van der Waals surface area contributed by atoms with Crippen molar-refractivity contribution >= 4 is 11.8 Å². The lowest BCUT2D eigenvalue weighted by atomic mass is 9.49.